The number of nitrogens with one attached hydrogen (secondary N) is 1. The lowest BCUT2D eigenvalue weighted by atomic mass is 10.2. The van der Waals surface area contributed by atoms with Crippen LogP contribution in [0.2, 0.25) is 0 Å². The van der Waals surface area contributed by atoms with Gasteiger partial charge in [-0.2, -0.15) is 0 Å². The average Bonchev–Trinajstić information content (AvgIpc) is 3.40. The normalized spacial score (nSPS) is 12.7. The van der Waals surface area contributed by atoms with E-state index in [0.717, 1.165) is 10.6 Å². The molecule has 3 heterocycles. The molecule has 9 heteroatoms. The van der Waals surface area contributed by atoms with E-state index in [9.17, 15) is 9.59 Å². The van der Waals surface area contributed by atoms with E-state index in [-0.39, 0.29) is 18.0 Å². The van der Waals surface area contributed by atoms with Crippen LogP contribution >= 0.6 is 11.3 Å². The number of amides is 1. The quantitative estimate of drug-likeness (QED) is 0.404. The molecule has 1 aliphatic heterocycles. The maximum absolute atomic E-state index is 13.6. The molecular weight excluding hydrogens is 464 g/mol. The number of fused-ring (bicyclic) bond motifs is 2. The van der Waals surface area contributed by atoms with Crippen LogP contribution in [0.5, 0.6) is 11.5 Å². The first-order valence-electron chi connectivity index (χ1n) is 11.5. The number of anilines is 1. The van der Waals surface area contributed by atoms with Crippen LogP contribution in [0.4, 0.5) is 5.69 Å². The number of carbonyl (C=O) groups excluding carboxylic acids is 1. The number of para-hydroxylation sites is 1. The van der Waals surface area contributed by atoms with Crippen molar-refractivity contribution in [1.29, 1.82) is 0 Å². The molecule has 0 aliphatic carbocycles. The third-order valence-electron chi connectivity index (χ3n) is 5.87. The SMILES string of the molecule is CCN(CC(=O)N(Cc1cccs1)c1ccc2c(c1)OCCO2)Cc1nc2ccccc2c(=O)[nH]1. The van der Waals surface area contributed by atoms with Gasteiger partial charge in [0.25, 0.3) is 5.56 Å². The van der Waals surface area contributed by atoms with Gasteiger partial charge >= 0.3 is 0 Å². The average molecular weight is 491 g/mol. The molecule has 180 valence electrons. The molecule has 0 saturated heterocycles. The number of aromatic nitrogens is 2. The summed E-state index contributed by atoms with van der Waals surface area (Å²) in [6.45, 7) is 4.59. The van der Waals surface area contributed by atoms with Crippen LogP contribution in [0.3, 0.4) is 0 Å². The Morgan fingerprint density at radius 1 is 1.06 bits per heavy atom. The number of aromatic amines is 1. The summed E-state index contributed by atoms with van der Waals surface area (Å²) in [6.07, 6.45) is 0. The van der Waals surface area contributed by atoms with Gasteiger partial charge in [0.15, 0.2) is 11.5 Å². The maximum Gasteiger partial charge on any atom is 0.258 e. The van der Waals surface area contributed by atoms with Crippen molar-refractivity contribution in [1.82, 2.24) is 14.9 Å². The highest BCUT2D eigenvalue weighted by atomic mass is 32.1. The second-order valence-electron chi connectivity index (χ2n) is 8.22. The van der Waals surface area contributed by atoms with Gasteiger partial charge in [-0.15, -0.1) is 11.3 Å². The Morgan fingerprint density at radius 3 is 2.69 bits per heavy atom. The van der Waals surface area contributed by atoms with E-state index in [4.69, 9.17) is 9.47 Å². The van der Waals surface area contributed by atoms with Gasteiger partial charge in [-0.05, 0) is 42.3 Å². The van der Waals surface area contributed by atoms with Crippen molar-refractivity contribution in [3.63, 3.8) is 0 Å². The van der Waals surface area contributed by atoms with Crippen LogP contribution in [0.15, 0.2) is 64.8 Å². The van der Waals surface area contributed by atoms with Gasteiger partial charge in [0.2, 0.25) is 5.91 Å². The number of nitrogens with zero attached hydrogens (tertiary/aromatic N) is 3. The lowest BCUT2D eigenvalue weighted by Gasteiger charge is -2.28. The molecule has 2 aromatic carbocycles. The van der Waals surface area contributed by atoms with Crippen molar-refractivity contribution in [2.24, 2.45) is 0 Å². The van der Waals surface area contributed by atoms with Gasteiger partial charge < -0.3 is 19.4 Å². The van der Waals surface area contributed by atoms with Crippen molar-refractivity contribution in [3.8, 4) is 11.5 Å². The zero-order chi connectivity index (χ0) is 24.2. The predicted molar refractivity (Wildman–Crippen MR) is 136 cm³/mol. The van der Waals surface area contributed by atoms with E-state index in [1.807, 2.05) is 65.7 Å². The second kappa shape index (κ2) is 10.3. The van der Waals surface area contributed by atoms with Crippen molar-refractivity contribution >= 4 is 33.8 Å². The van der Waals surface area contributed by atoms with E-state index in [1.54, 1.807) is 22.3 Å². The fourth-order valence-electron chi connectivity index (χ4n) is 4.06. The van der Waals surface area contributed by atoms with Crippen molar-refractivity contribution in [2.75, 3.05) is 31.2 Å². The lowest BCUT2D eigenvalue weighted by Crippen LogP contribution is -2.40. The summed E-state index contributed by atoms with van der Waals surface area (Å²) in [7, 11) is 0. The van der Waals surface area contributed by atoms with Gasteiger partial charge in [-0.3, -0.25) is 14.5 Å². The number of H-pyrrole nitrogens is 1. The molecule has 35 heavy (non-hydrogen) atoms. The first kappa shape index (κ1) is 23.1. The number of hydrogen-bond acceptors (Lipinski definition) is 7. The number of carbonyl (C=O) groups is 1. The minimum atomic E-state index is -0.177. The molecule has 0 spiro atoms. The molecule has 0 fully saturated rings. The second-order valence-corrected chi connectivity index (χ2v) is 9.25. The Morgan fingerprint density at radius 2 is 1.89 bits per heavy atom. The van der Waals surface area contributed by atoms with Crippen molar-refractivity contribution in [2.45, 2.75) is 20.0 Å². The number of thiophene rings is 1. The van der Waals surface area contributed by atoms with Gasteiger partial charge in [0, 0.05) is 16.6 Å². The van der Waals surface area contributed by atoms with E-state index in [1.165, 1.54) is 0 Å². The molecule has 2 aromatic heterocycles. The first-order chi connectivity index (χ1) is 17.1. The Labute approximate surface area is 206 Å². The van der Waals surface area contributed by atoms with Crippen molar-refractivity contribution in [3.05, 3.63) is 81.0 Å². The molecule has 0 radical (unpaired) electrons. The predicted octanol–water partition coefficient (Wildman–Crippen LogP) is 3.81. The molecular formula is C26H26N4O4S. The van der Waals surface area contributed by atoms with Gasteiger partial charge in [0.1, 0.15) is 19.0 Å². The van der Waals surface area contributed by atoms with Crippen LogP contribution in [0, 0.1) is 0 Å². The van der Waals surface area contributed by atoms with Crippen LogP contribution in [-0.4, -0.2) is 47.1 Å². The van der Waals surface area contributed by atoms with E-state index in [0.29, 0.717) is 61.1 Å². The highest BCUT2D eigenvalue weighted by molar-refractivity contribution is 7.09. The summed E-state index contributed by atoms with van der Waals surface area (Å²) in [5.74, 6) is 1.81. The molecule has 0 saturated carbocycles. The van der Waals surface area contributed by atoms with E-state index in [2.05, 4.69) is 9.97 Å². The monoisotopic (exact) mass is 490 g/mol. The molecule has 0 unspecified atom stereocenters. The van der Waals surface area contributed by atoms with Gasteiger partial charge in [-0.1, -0.05) is 25.1 Å². The molecule has 5 rings (SSSR count). The molecule has 0 atom stereocenters. The summed E-state index contributed by atoms with van der Waals surface area (Å²) in [4.78, 5) is 38.3. The number of benzene rings is 2. The Hall–Kier alpha value is -3.69. The lowest BCUT2D eigenvalue weighted by molar-refractivity contribution is -0.120. The first-order valence-corrected chi connectivity index (χ1v) is 12.4. The summed E-state index contributed by atoms with van der Waals surface area (Å²) in [5, 5.41) is 2.55. The van der Waals surface area contributed by atoms with Crippen LogP contribution in [0.1, 0.15) is 17.6 Å². The van der Waals surface area contributed by atoms with Crippen LogP contribution < -0.4 is 19.9 Å². The summed E-state index contributed by atoms with van der Waals surface area (Å²) >= 11 is 1.61. The van der Waals surface area contributed by atoms with Gasteiger partial charge in [0.05, 0.1) is 30.5 Å². The highest BCUT2D eigenvalue weighted by Gasteiger charge is 2.22. The number of ether oxygens (including phenoxy) is 2. The molecule has 0 bridgehead atoms. The molecule has 8 nitrogen and oxygen atoms in total. The number of hydrogen-bond donors (Lipinski definition) is 1. The summed E-state index contributed by atoms with van der Waals surface area (Å²) in [5.41, 5.74) is 1.22. The minimum absolute atomic E-state index is 0.0555. The minimum Gasteiger partial charge on any atom is -0.486 e. The Balaban J connectivity index is 1.38. The Kier molecular flexibility index (Phi) is 6.78. The van der Waals surface area contributed by atoms with Crippen LogP contribution in [0.25, 0.3) is 10.9 Å². The Bertz CT molecular complexity index is 1390. The standard InChI is InChI=1S/C26H26N4O4S/c1-2-29(16-24-27-21-8-4-3-7-20(21)26(32)28-24)17-25(31)30(15-19-6-5-13-35-19)18-9-10-22-23(14-18)34-12-11-33-22/h3-10,13-14H,2,11-12,15-17H2,1H3,(H,27,28,32). The fraction of sp³-hybridized carbons (Fsp3) is 0.269. The number of likely N-dealkylation sites (N-methyl/N-ethyl adjacent to an activating group) is 1. The molecule has 4 aromatic rings. The summed E-state index contributed by atoms with van der Waals surface area (Å²) < 4.78 is 11.4. The van der Waals surface area contributed by atoms with Crippen molar-refractivity contribution < 1.29 is 14.3 Å². The number of rotatable bonds is 8. The van der Waals surface area contributed by atoms with Crippen LogP contribution in [-0.2, 0) is 17.9 Å². The zero-order valence-corrected chi connectivity index (χ0v) is 20.2. The van der Waals surface area contributed by atoms with E-state index >= 15 is 0 Å². The zero-order valence-electron chi connectivity index (χ0n) is 19.4. The van der Waals surface area contributed by atoms with E-state index < -0.39 is 0 Å². The fourth-order valence-corrected chi connectivity index (χ4v) is 4.75. The largest absolute Gasteiger partial charge is 0.486 e. The summed E-state index contributed by atoms with van der Waals surface area (Å²) in [6, 6.07) is 16.8. The third-order valence-corrected chi connectivity index (χ3v) is 6.74. The topological polar surface area (TPSA) is 87.8 Å². The third kappa shape index (κ3) is 5.21. The molecule has 1 aliphatic rings. The highest BCUT2D eigenvalue weighted by Crippen LogP contribution is 2.34. The maximum atomic E-state index is 13.6. The van der Waals surface area contributed by atoms with Gasteiger partial charge in [-0.25, -0.2) is 4.98 Å². The molecule has 1 N–H and O–H groups in total. The molecule has 1 amide bonds. The smallest absolute Gasteiger partial charge is 0.258 e.